The van der Waals surface area contributed by atoms with Gasteiger partial charge in [0.1, 0.15) is 11.4 Å². The molecular weight excluding hydrogens is 272 g/mol. The topological polar surface area (TPSA) is 71.8 Å². The first kappa shape index (κ1) is 15.4. The number of nitrogens with zero attached hydrogens (tertiary/aromatic N) is 1. The van der Waals surface area contributed by atoms with E-state index in [0.29, 0.717) is 31.0 Å². The number of amides is 2. The molecule has 1 saturated heterocycles. The Kier molecular flexibility index (Phi) is 4.25. The summed E-state index contributed by atoms with van der Waals surface area (Å²) < 4.78 is 10.6. The second-order valence-corrected chi connectivity index (χ2v) is 6.30. The summed E-state index contributed by atoms with van der Waals surface area (Å²) in [5.74, 6) is 0.740. The third-order valence-electron chi connectivity index (χ3n) is 3.14. The van der Waals surface area contributed by atoms with Gasteiger partial charge in [-0.25, -0.2) is 4.79 Å². The van der Waals surface area contributed by atoms with Crippen molar-refractivity contribution in [3.8, 4) is 0 Å². The molecule has 1 aliphatic heterocycles. The number of carbonyl (C=O) groups is 2. The first-order valence-corrected chi connectivity index (χ1v) is 7.10. The number of likely N-dealkylation sites (tertiary alicyclic amines) is 1. The van der Waals surface area contributed by atoms with Crippen molar-refractivity contribution in [3.63, 3.8) is 0 Å². The van der Waals surface area contributed by atoms with Crippen LogP contribution in [0.15, 0.2) is 16.5 Å². The molecule has 1 atom stereocenters. The summed E-state index contributed by atoms with van der Waals surface area (Å²) in [5, 5.41) is 2.87. The molecule has 1 unspecified atom stereocenters. The number of rotatable bonds is 2. The quantitative estimate of drug-likeness (QED) is 0.908. The lowest BCUT2D eigenvalue weighted by molar-refractivity contribution is 0.0290. The van der Waals surface area contributed by atoms with E-state index in [0.717, 1.165) is 0 Å². The van der Waals surface area contributed by atoms with Gasteiger partial charge in [0, 0.05) is 19.1 Å². The Morgan fingerprint density at radius 3 is 2.67 bits per heavy atom. The van der Waals surface area contributed by atoms with Crippen LogP contribution >= 0.6 is 0 Å². The van der Waals surface area contributed by atoms with Gasteiger partial charge in [-0.1, -0.05) is 0 Å². The van der Waals surface area contributed by atoms with Gasteiger partial charge in [0.2, 0.25) is 0 Å². The van der Waals surface area contributed by atoms with Crippen molar-refractivity contribution in [2.24, 2.45) is 0 Å². The molecule has 0 saturated carbocycles. The maximum absolute atomic E-state index is 12.0. The summed E-state index contributed by atoms with van der Waals surface area (Å²) in [6, 6.07) is 3.32. The highest BCUT2D eigenvalue weighted by Crippen LogP contribution is 2.16. The average Bonchev–Trinajstić information content (AvgIpc) is 2.96. The second-order valence-electron chi connectivity index (χ2n) is 6.30. The first-order chi connectivity index (χ1) is 9.74. The van der Waals surface area contributed by atoms with E-state index in [1.807, 2.05) is 20.8 Å². The maximum atomic E-state index is 12.0. The lowest BCUT2D eigenvalue weighted by atomic mass is 10.2. The van der Waals surface area contributed by atoms with Crippen molar-refractivity contribution in [2.75, 3.05) is 13.1 Å². The van der Waals surface area contributed by atoms with Crippen molar-refractivity contribution in [3.05, 3.63) is 23.7 Å². The van der Waals surface area contributed by atoms with E-state index >= 15 is 0 Å². The van der Waals surface area contributed by atoms with E-state index in [9.17, 15) is 9.59 Å². The molecule has 116 valence electrons. The van der Waals surface area contributed by atoms with Crippen LogP contribution in [0.5, 0.6) is 0 Å². The van der Waals surface area contributed by atoms with Crippen LogP contribution in [0.25, 0.3) is 0 Å². The number of carbonyl (C=O) groups excluding carboxylic acids is 2. The largest absolute Gasteiger partial charge is 0.456 e. The fraction of sp³-hybridized carbons (Fsp3) is 0.600. The Labute approximate surface area is 124 Å². The number of aryl methyl sites for hydroxylation is 1. The Balaban J connectivity index is 1.85. The van der Waals surface area contributed by atoms with Gasteiger partial charge in [0.15, 0.2) is 5.76 Å². The van der Waals surface area contributed by atoms with Crippen LogP contribution in [-0.2, 0) is 4.74 Å². The van der Waals surface area contributed by atoms with E-state index in [4.69, 9.17) is 9.15 Å². The highest BCUT2D eigenvalue weighted by Gasteiger charge is 2.30. The molecule has 0 aromatic carbocycles. The molecule has 0 bridgehead atoms. The molecule has 2 rings (SSSR count). The Hall–Kier alpha value is -1.98. The Morgan fingerprint density at radius 1 is 1.38 bits per heavy atom. The van der Waals surface area contributed by atoms with Crippen LogP contribution in [0.3, 0.4) is 0 Å². The minimum atomic E-state index is -0.510. The number of hydrogen-bond acceptors (Lipinski definition) is 4. The summed E-state index contributed by atoms with van der Waals surface area (Å²) in [7, 11) is 0. The van der Waals surface area contributed by atoms with Crippen LogP contribution in [0.2, 0.25) is 0 Å². The van der Waals surface area contributed by atoms with Crippen molar-refractivity contribution >= 4 is 12.0 Å². The van der Waals surface area contributed by atoms with E-state index < -0.39 is 5.60 Å². The van der Waals surface area contributed by atoms with E-state index in [1.165, 1.54) is 0 Å². The third-order valence-corrected chi connectivity index (χ3v) is 3.14. The van der Waals surface area contributed by atoms with Gasteiger partial charge in [-0.2, -0.15) is 0 Å². The van der Waals surface area contributed by atoms with E-state index in [2.05, 4.69) is 5.32 Å². The summed E-state index contributed by atoms with van der Waals surface area (Å²) in [5.41, 5.74) is -0.510. The predicted octanol–water partition coefficient (Wildman–Crippen LogP) is 2.33. The third kappa shape index (κ3) is 4.24. The number of nitrogens with one attached hydrogen (secondary N) is 1. The first-order valence-electron chi connectivity index (χ1n) is 7.10. The number of hydrogen-bond donors (Lipinski definition) is 1. The zero-order valence-corrected chi connectivity index (χ0v) is 12.9. The molecule has 6 heteroatoms. The molecule has 1 fully saturated rings. The standard InChI is InChI=1S/C15H22N2O4/c1-10-5-6-12(20-10)13(18)16-11-7-8-17(9-11)14(19)21-15(2,3)4/h5-6,11H,7-9H2,1-4H3,(H,16,18). The second kappa shape index (κ2) is 5.79. The van der Waals surface area contributed by atoms with Gasteiger partial charge in [0.25, 0.3) is 5.91 Å². The molecule has 1 N–H and O–H groups in total. The monoisotopic (exact) mass is 294 g/mol. The van der Waals surface area contributed by atoms with Gasteiger partial charge < -0.3 is 19.4 Å². The minimum Gasteiger partial charge on any atom is -0.456 e. The van der Waals surface area contributed by atoms with Gasteiger partial charge in [-0.05, 0) is 46.2 Å². The normalized spacial score (nSPS) is 18.7. The number of ether oxygens (including phenoxy) is 1. The highest BCUT2D eigenvalue weighted by atomic mass is 16.6. The van der Waals surface area contributed by atoms with Crippen molar-refractivity contribution < 1.29 is 18.7 Å². The van der Waals surface area contributed by atoms with Crippen LogP contribution in [0, 0.1) is 6.92 Å². The fourth-order valence-electron chi connectivity index (χ4n) is 2.18. The van der Waals surface area contributed by atoms with E-state index in [-0.39, 0.29) is 18.0 Å². The van der Waals surface area contributed by atoms with Gasteiger partial charge in [-0.3, -0.25) is 4.79 Å². The molecule has 0 spiro atoms. The lowest BCUT2D eigenvalue weighted by Gasteiger charge is -2.24. The zero-order valence-electron chi connectivity index (χ0n) is 12.9. The molecule has 0 aliphatic carbocycles. The van der Waals surface area contributed by atoms with Crippen molar-refractivity contribution in [1.82, 2.24) is 10.2 Å². The molecule has 1 aromatic heterocycles. The van der Waals surface area contributed by atoms with Crippen LogP contribution in [0.1, 0.15) is 43.5 Å². The average molecular weight is 294 g/mol. The number of furan rings is 1. The van der Waals surface area contributed by atoms with Crippen LogP contribution in [-0.4, -0.2) is 41.6 Å². The molecular formula is C15H22N2O4. The van der Waals surface area contributed by atoms with Gasteiger partial charge >= 0.3 is 6.09 Å². The van der Waals surface area contributed by atoms with Gasteiger partial charge in [0.05, 0.1) is 0 Å². The summed E-state index contributed by atoms with van der Waals surface area (Å²) in [6.07, 6.45) is 0.373. The maximum Gasteiger partial charge on any atom is 0.410 e. The highest BCUT2D eigenvalue weighted by molar-refractivity contribution is 5.91. The molecule has 0 radical (unpaired) electrons. The molecule has 1 aliphatic rings. The van der Waals surface area contributed by atoms with Crippen molar-refractivity contribution in [2.45, 2.75) is 45.8 Å². The molecule has 6 nitrogen and oxygen atoms in total. The fourth-order valence-corrected chi connectivity index (χ4v) is 2.18. The Bertz CT molecular complexity index is 530. The molecule has 21 heavy (non-hydrogen) atoms. The molecule has 1 aromatic rings. The lowest BCUT2D eigenvalue weighted by Crippen LogP contribution is -2.40. The zero-order chi connectivity index (χ0) is 15.6. The summed E-state index contributed by atoms with van der Waals surface area (Å²) >= 11 is 0. The van der Waals surface area contributed by atoms with E-state index in [1.54, 1.807) is 24.0 Å². The van der Waals surface area contributed by atoms with Gasteiger partial charge in [-0.15, -0.1) is 0 Å². The summed E-state index contributed by atoms with van der Waals surface area (Å²) in [6.45, 7) is 8.33. The van der Waals surface area contributed by atoms with Crippen LogP contribution in [0.4, 0.5) is 4.79 Å². The summed E-state index contributed by atoms with van der Waals surface area (Å²) in [4.78, 5) is 25.5. The van der Waals surface area contributed by atoms with Crippen molar-refractivity contribution in [1.29, 1.82) is 0 Å². The Morgan fingerprint density at radius 2 is 2.10 bits per heavy atom. The SMILES string of the molecule is Cc1ccc(C(=O)NC2CCN(C(=O)OC(C)(C)C)C2)o1. The molecule has 2 amide bonds. The minimum absolute atomic E-state index is 0.0737. The predicted molar refractivity (Wildman–Crippen MR) is 77.1 cm³/mol. The smallest absolute Gasteiger partial charge is 0.410 e. The van der Waals surface area contributed by atoms with Crippen LogP contribution < -0.4 is 5.32 Å². The molecule has 2 heterocycles.